The van der Waals surface area contributed by atoms with Crippen molar-refractivity contribution in [1.82, 2.24) is 14.9 Å². The van der Waals surface area contributed by atoms with Gasteiger partial charge in [-0.15, -0.1) is 0 Å². The maximum absolute atomic E-state index is 14.3. The standard InChI is InChI=1S/C28H31FN6O2/c1-17-20(16-30)6-5-7-21(17)18(2)31-26-22-14-24(25(37-4)15-23(22)32-19(3)33-26)34-10-12-35(13-11-34)27(36)28(29)8-9-28/h5-7,14-15,18H,8-13H2,1-4H3,(H,31,32,33)/t18-/m1/s1. The van der Waals surface area contributed by atoms with E-state index in [-0.39, 0.29) is 11.9 Å². The van der Waals surface area contributed by atoms with E-state index in [0.717, 1.165) is 27.7 Å². The van der Waals surface area contributed by atoms with Gasteiger partial charge in [-0.25, -0.2) is 14.4 Å². The van der Waals surface area contributed by atoms with Crippen LogP contribution < -0.4 is 15.0 Å². The number of alkyl halides is 1. The van der Waals surface area contributed by atoms with E-state index in [1.54, 1.807) is 12.0 Å². The van der Waals surface area contributed by atoms with E-state index in [1.807, 2.05) is 51.1 Å². The Labute approximate surface area is 216 Å². The van der Waals surface area contributed by atoms with Crippen LogP contribution in [0.2, 0.25) is 0 Å². The Bertz CT molecular complexity index is 1410. The first-order valence-electron chi connectivity index (χ1n) is 12.6. The van der Waals surface area contributed by atoms with Crippen molar-refractivity contribution in [1.29, 1.82) is 5.26 Å². The number of anilines is 2. The fourth-order valence-corrected chi connectivity index (χ4v) is 5.07. The summed E-state index contributed by atoms with van der Waals surface area (Å²) in [4.78, 5) is 25.6. The van der Waals surface area contributed by atoms with Crippen LogP contribution in [-0.4, -0.2) is 59.7 Å². The van der Waals surface area contributed by atoms with Gasteiger partial charge in [0, 0.05) is 37.6 Å². The van der Waals surface area contributed by atoms with Gasteiger partial charge in [0.05, 0.1) is 36.0 Å². The molecule has 1 aromatic heterocycles. The molecule has 1 saturated carbocycles. The number of carbonyl (C=O) groups is 1. The highest BCUT2D eigenvalue weighted by Gasteiger charge is 2.53. The van der Waals surface area contributed by atoms with Crippen LogP contribution in [0.5, 0.6) is 5.75 Å². The van der Waals surface area contributed by atoms with E-state index < -0.39 is 5.67 Å². The molecule has 1 aliphatic heterocycles. The molecule has 8 nitrogen and oxygen atoms in total. The van der Waals surface area contributed by atoms with Crippen molar-refractivity contribution in [2.45, 2.75) is 45.3 Å². The fraction of sp³-hybridized carbons (Fsp3) is 0.429. The third kappa shape index (κ3) is 4.64. The number of carbonyl (C=O) groups excluding carboxylic acids is 1. The molecule has 1 atom stereocenters. The highest BCUT2D eigenvalue weighted by Crippen LogP contribution is 2.42. The molecule has 2 heterocycles. The SMILES string of the molecule is COc1cc2nc(C)nc(N[C@H](C)c3cccc(C#N)c3C)c2cc1N1CCN(C(=O)C2(F)CC2)CC1. The lowest BCUT2D eigenvalue weighted by Crippen LogP contribution is -2.51. The smallest absolute Gasteiger partial charge is 0.260 e. The molecule has 2 aromatic carbocycles. The minimum atomic E-state index is -1.64. The van der Waals surface area contributed by atoms with Gasteiger partial charge in [-0.1, -0.05) is 12.1 Å². The number of amides is 1. The lowest BCUT2D eigenvalue weighted by molar-refractivity contribution is -0.138. The van der Waals surface area contributed by atoms with Crippen molar-refractivity contribution < 1.29 is 13.9 Å². The summed E-state index contributed by atoms with van der Waals surface area (Å²) in [7, 11) is 1.63. The van der Waals surface area contributed by atoms with Crippen LogP contribution in [-0.2, 0) is 4.79 Å². The van der Waals surface area contributed by atoms with Crippen molar-refractivity contribution >= 4 is 28.3 Å². The number of aryl methyl sites for hydroxylation is 1. The van der Waals surface area contributed by atoms with E-state index in [2.05, 4.69) is 21.3 Å². The molecule has 2 fully saturated rings. The third-order valence-corrected chi connectivity index (χ3v) is 7.40. The van der Waals surface area contributed by atoms with Crippen LogP contribution in [0.25, 0.3) is 10.9 Å². The summed E-state index contributed by atoms with van der Waals surface area (Å²) in [6.45, 7) is 7.94. The quantitative estimate of drug-likeness (QED) is 0.532. The van der Waals surface area contributed by atoms with Crippen molar-refractivity contribution in [3.05, 3.63) is 52.8 Å². The number of methoxy groups -OCH3 is 1. The summed E-state index contributed by atoms with van der Waals surface area (Å²) in [5.41, 5.74) is 2.62. The number of ether oxygens (including phenoxy) is 1. The summed E-state index contributed by atoms with van der Waals surface area (Å²) in [5, 5.41) is 13.8. The van der Waals surface area contributed by atoms with Crippen molar-refractivity contribution in [3.8, 4) is 11.8 Å². The summed E-state index contributed by atoms with van der Waals surface area (Å²) in [6, 6.07) is 11.8. The van der Waals surface area contributed by atoms with Gasteiger partial charge in [0.2, 0.25) is 0 Å². The second-order valence-electron chi connectivity index (χ2n) is 9.90. The van der Waals surface area contributed by atoms with Gasteiger partial charge >= 0.3 is 0 Å². The summed E-state index contributed by atoms with van der Waals surface area (Å²) in [5.74, 6) is 1.64. The molecular weight excluding hydrogens is 471 g/mol. The van der Waals surface area contributed by atoms with Crippen LogP contribution in [0.1, 0.15) is 48.3 Å². The Morgan fingerprint density at radius 3 is 2.57 bits per heavy atom. The van der Waals surface area contributed by atoms with Crippen LogP contribution in [0, 0.1) is 25.2 Å². The molecule has 9 heteroatoms. The van der Waals surface area contributed by atoms with Crippen molar-refractivity contribution in [2.75, 3.05) is 43.5 Å². The van der Waals surface area contributed by atoms with E-state index in [0.29, 0.717) is 62.0 Å². The molecule has 3 aromatic rings. The van der Waals surface area contributed by atoms with E-state index >= 15 is 0 Å². The van der Waals surface area contributed by atoms with Crippen LogP contribution in [0.3, 0.4) is 0 Å². The Kier molecular flexibility index (Phi) is 6.36. The molecular formula is C28H31FN6O2. The molecule has 0 spiro atoms. The van der Waals surface area contributed by atoms with Gasteiger partial charge in [0.25, 0.3) is 5.91 Å². The molecule has 0 radical (unpaired) electrons. The zero-order valence-corrected chi connectivity index (χ0v) is 21.6. The number of aromatic nitrogens is 2. The minimum absolute atomic E-state index is 0.0960. The second kappa shape index (κ2) is 9.51. The number of nitrogens with one attached hydrogen (secondary N) is 1. The largest absolute Gasteiger partial charge is 0.495 e. The molecule has 0 unspecified atom stereocenters. The normalized spacial score (nSPS) is 17.3. The zero-order chi connectivity index (χ0) is 26.3. The first-order valence-corrected chi connectivity index (χ1v) is 12.6. The molecule has 1 aliphatic carbocycles. The number of fused-ring (bicyclic) bond motifs is 1. The Balaban J connectivity index is 1.45. The van der Waals surface area contributed by atoms with E-state index in [9.17, 15) is 14.4 Å². The van der Waals surface area contributed by atoms with Gasteiger partial charge < -0.3 is 19.9 Å². The zero-order valence-electron chi connectivity index (χ0n) is 21.6. The first-order chi connectivity index (χ1) is 17.7. The van der Waals surface area contributed by atoms with Crippen molar-refractivity contribution in [3.63, 3.8) is 0 Å². The molecule has 5 rings (SSSR count). The number of nitrogens with zero attached hydrogens (tertiary/aromatic N) is 5. The maximum Gasteiger partial charge on any atom is 0.260 e. The molecule has 0 bridgehead atoms. The fourth-order valence-electron chi connectivity index (χ4n) is 5.07. The summed E-state index contributed by atoms with van der Waals surface area (Å²) < 4.78 is 20.0. The van der Waals surface area contributed by atoms with Gasteiger partial charge in [-0.3, -0.25) is 4.79 Å². The minimum Gasteiger partial charge on any atom is -0.495 e. The number of hydrogen-bond acceptors (Lipinski definition) is 7. The molecule has 1 N–H and O–H groups in total. The Morgan fingerprint density at radius 2 is 1.92 bits per heavy atom. The van der Waals surface area contributed by atoms with Crippen LogP contribution >= 0.6 is 0 Å². The van der Waals surface area contributed by atoms with Crippen LogP contribution in [0.4, 0.5) is 15.9 Å². The predicted octanol–water partition coefficient (Wildman–Crippen LogP) is 4.45. The van der Waals surface area contributed by atoms with Gasteiger partial charge in [-0.05, 0) is 56.9 Å². The average molecular weight is 503 g/mol. The summed E-state index contributed by atoms with van der Waals surface area (Å²) in [6.07, 6.45) is 0.664. The lowest BCUT2D eigenvalue weighted by atomic mass is 9.98. The predicted molar refractivity (Wildman–Crippen MR) is 141 cm³/mol. The third-order valence-electron chi connectivity index (χ3n) is 7.40. The maximum atomic E-state index is 14.3. The number of piperazine rings is 1. The first kappa shape index (κ1) is 24.8. The number of hydrogen-bond donors (Lipinski definition) is 1. The van der Waals surface area contributed by atoms with Crippen molar-refractivity contribution in [2.24, 2.45) is 0 Å². The van der Waals surface area contributed by atoms with Crippen LogP contribution in [0.15, 0.2) is 30.3 Å². The highest BCUT2D eigenvalue weighted by atomic mass is 19.1. The average Bonchev–Trinajstić information content (AvgIpc) is 3.66. The molecule has 192 valence electrons. The Morgan fingerprint density at radius 1 is 1.19 bits per heavy atom. The highest BCUT2D eigenvalue weighted by molar-refractivity contribution is 5.94. The molecule has 1 amide bonds. The topological polar surface area (TPSA) is 94.4 Å². The van der Waals surface area contributed by atoms with E-state index in [4.69, 9.17) is 9.72 Å². The molecule has 37 heavy (non-hydrogen) atoms. The lowest BCUT2D eigenvalue weighted by Gasteiger charge is -2.37. The Hall–Kier alpha value is -3.93. The van der Waals surface area contributed by atoms with Gasteiger partial charge in [0.15, 0.2) is 5.67 Å². The van der Waals surface area contributed by atoms with Gasteiger partial charge in [-0.2, -0.15) is 5.26 Å². The van der Waals surface area contributed by atoms with E-state index in [1.165, 1.54) is 0 Å². The number of nitriles is 1. The summed E-state index contributed by atoms with van der Waals surface area (Å²) >= 11 is 0. The number of rotatable bonds is 6. The monoisotopic (exact) mass is 502 g/mol. The second-order valence-corrected chi connectivity index (χ2v) is 9.90. The number of benzene rings is 2. The van der Waals surface area contributed by atoms with Gasteiger partial charge in [0.1, 0.15) is 17.4 Å². The molecule has 2 aliphatic rings. The molecule has 1 saturated heterocycles. The number of halogens is 1.